The summed E-state index contributed by atoms with van der Waals surface area (Å²) in [4.78, 5) is 10.5. The monoisotopic (exact) mass is 702 g/mol. The Labute approximate surface area is 291 Å². The zero-order valence-corrected chi connectivity index (χ0v) is 32.5. The third-order valence-electron chi connectivity index (χ3n) is 10.3. The normalized spacial score (nSPS) is 31.6. The van der Waals surface area contributed by atoms with E-state index in [1.54, 1.807) is 4.90 Å². The Bertz CT molecular complexity index is 767. The molecule has 5 heterocycles. The van der Waals surface area contributed by atoms with Crippen molar-refractivity contribution in [3.63, 3.8) is 0 Å². The van der Waals surface area contributed by atoms with Crippen molar-refractivity contribution < 1.29 is 26.3 Å². The second-order valence-corrected chi connectivity index (χ2v) is 16.2. The van der Waals surface area contributed by atoms with Gasteiger partial charge in [-0.1, -0.05) is 13.8 Å². The maximum absolute atomic E-state index is 12.9. The number of halogens is 6. The first-order valence-electron chi connectivity index (χ1n) is 18.8. The Morgan fingerprint density at radius 2 is 0.792 bits per heavy atom. The smallest absolute Gasteiger partial charge is 0.261 e. The molecule has 5 saturated heterocycles. The average molecular weight is 702 g/mol. The summed E-state index contributed by atoms with van der Waals surface area (Å²) in [6.07, 6.45) is -0.814. The molecule has 0 radical (unpaired) electrons. The molecule has 0 aromatic heterocycles. The van der Waals surface area contributed by atoms with Gasteiger partial charge in [0.2, 0.25) is 0 Å². The molecule has 5 fully saturated rings. The van der Waals surface area contributed by atoms with E-state index in [4.69, 9.17) is 0 Å². The van der Waals surface area contributed by atoms with E-state index >= 15 is 0 Å². The molecular weight excluding hydrogens is 628 g/mol. The van der Waals surface area contributed by atoms with E-state index in [2.05, 4.69) is 75.0 Å². The summed E-state index contributed by atoms with van der Waals surface area (Å²) in [5, 5.41) is 0. The van der Waals surface area contributed by atoms with Crippen LogP contribution in [-0.2, 0) is 0 Å². The highest BCUT2D eigenvalue weighted by Gasteiger charge is 2.38. The molecule has 5 aliphatic rings. The Morgan fingerprint density at radius 1 is 0.458 bits per heavy atom. The molecule has 5 nitrogen and oxygen atoms in total. The first kappa shape index (κ1) is 45.4. The van der Waals surface area contributed by atoms with Crippen LogP contribution in [-0.4, -0.2) is 151 Å². The van der Waals surface area contributed by atoms with E-state index in [0.717, 1.165) is 39.0 Å². The van der Waals surface area contributed by atoms with Crippen LogP contribution in [0.25, 0.3) is 0 Å². The predicted octanol–water partition coefficient (Wildman–Crippen LogP) is 7.98. The van der Waals surface area contributed by atoms with Gasteiger partial charge >= 0.3 is 0 Å². The number of hydrogen-bond donors (Lipinski definition) is 0. The molecule has 288 valence electrons. The quantitative estimate of drug-likeness (QED) is 0.270. The van der Waals surface area contributed by atoms with Crippen LogP contribution < -0.4 is 0 Å². The van der Waals surface area contributed by atoms with Crippen LogP contribution in [0.4, 0.5) is 26.3 Å². The molecule has 0 amide bonds. The second kappa shape index (κ2) is 21.7. The minimum absolute atomic E-state index is 0.0329. The van der Waals surface area contributed by atoms with Crippen LogP contribution in [0.3, 0.4) is 0 Å². The third-order valence-corrected chi connectivity index (χ3v) is 10.3. The van der Waals surface area contributed by atoms with Crippen molar-refractivity contribution in [3.8, 4) is 0 Å². The number of hydrogen-bond acceptors (Lipinski definition) is 5. The van der Waals surface area contributed by atoms with E-state index < -0.39 is 30.6 Å². The molecule has 0 N–H and O–H groups in total. The summed E-state index contributed by atoms with van der Waals surface area (Å²) in [5.74, 6) is -1.95. The van der Waals surface area contributed by atoms with E-state index in [0.29, 0.717) is 56.9 Å². The van der Waals surface area contributed by atoms with Crippen molar-refractivity contribution in [2.24, 2.45) is 11.8 Å². The Morgan fingerprint density at radius 3 is 0.917 bits per heavy atom. The molecular formula is C37H73F6N5. The van der Waals surface area contributed by atoms with E-state index in [9.17, 15) is 26.3 Å². The summed E-state index contributed by atoms with van der Waals surface area (Å²) >= 11 is 0. The van der Waals surface area contributed by atoms with Crippen LogP contribution >= 0.6 is 0 Å². The predicted molar refractivity (Wildman–Crippen MR) is 190 cm³/mol. The van der Waals surface area contributed by atoms with Crippen molar-refractivity contribution in [2.45, 2.75) is 163 Å². The molecule has 5 aliphatic heterocycles. The van der Waals surface area contributed by atoms with Gasteiger partial charge in [-0.05, 0) is 82.1 Å². The molecule has 0 bridgehead atoms. The molecule has 0 saturated carbocycles. The highest BCUT2D eigenvalue weighted by molar-refractivity contribution is 4.84. The Kier molecular flexibility index (Phi) is 20.5. The fraction of sp³-hybridized carbons (Fsp3) is 1.00. The van der Waals surface area contributed by atoms with E-state index in [1.807, 2.05) is 27.7 Å². The lowest BCUT2D eigenvalue weighted by Gasteiger charge is -2.19. The molecule has 0 aromatic carbocycles. The van der Waals surface area contributed by atoms with Crippen LogP contribution in [0.2, 0.25) is 0 Å². The van der Waals surface area contributed by atoms with Crippen molar-refractivity contribution in [3.05, 3.63) is 0 Å². The zero-order chi connectivity index (χ0) is 36.9. The second-order valence-electron chi connectivity index (χ2n) is 16.2. The Hall–Kier alpha value is -0.620. The maximum atomic E-state index is 12.9. The molecule has 0 spiro atoms. The fourth-order valence-corrected chi connectivity index (χ4v) is 6.40. The largest absolute Gasteiger partial charge is 0.298 e. The first-order valence-corrected chi connectivity index (χ1v) is 18.8. The molecule has 0 aliphatic carbocycles. The van der Waals surface area contributed by atoms with Gasteiger partial charge < -0.3 is 0 Å². The van der Waals surface area contributed by atoms with Gasteiger partial charge in [-0.15, -0.1) is 0 Å². The standard InChI is InChI=1S/2C8H16FN.C7H13F2N.2C7H14FN/c2*1-6(2)10-4-7(3)8(9)5-10;1-6(2)10-4-3-7(8,9)5-10;2*1-6(2)9-4-3-7(8)5-9/h2*6-8H,4-5H2,1-3H3;6H,3-5H2,1-2H3;2*6-7H,3-5H2,1-2H3/t7-,8+;7-,8-;;2*7-/m01.10/s1. The van der Waals surface area contributed by atoms with Crippen molar-refractivity contribution in [1.29, 1.82) is 0 Å². The lowest BCUT2D eigenvalue weighted by molar-refractivity contribution is 0.00920. The van der Waals surface area contributed by atoms with Gasteiger partial charge in [-0.25, -0.2) is 26.3 Å². The summed E-state index contributed by atoms with van der Waals surface area (Å²) in [7, 11) is 0. The maximum Gasteiger partial charge on any atom is 0.261 e. The molecule has 11 heteroatoms. The number of rotatable bonds is 5. The lowest BCUT2D eigenvalue weighted by Crippen LogP contribution is -2.30. The van der Waals surface area contributed by atoms with Crippen LogP contribution in [0.5, 0.6) is 0 Å². The van der Waals surface area contributed by atoms with Gasteiger partial charge in [-0.2, -0.15) is 0 Å². The molecule has 0 aromatic rings. The van der Waals surface area contributed by atoms with Crippen LogP contribution in [0.1, 0.15) is 102 Å². The first-order chi connectivity index (χ1) is 22.1. The van der Waals surface area contributed by atoms with Crippen LogP contribution in [0, 0.1) is 11.8 Å². The van der Waals surface area contributed by atoms with Crippen molar-refractivity contribution in [2.75, 3.05) is 65.4 Å². The van der Waals surface area contributed by atoms with E-state index in [-0.39, 0.29) is 30.8 Å². The number of likely N-dealkylation sites (tertiary alicyclic amines) is 5. The summed E-state index contributed by atoms with van der Waals surface area (Å²) in [6.45, 7) is 31.6. The minimum atomic E-state index is -2.43. The lowest BCUT2D eigenvalue weighted by atomic mass is 10.1. The summed E-state index contributed by atoms with van der Waals surface area (Å²) in [6, 6.07) is 2.30. The highest BCUT2D eigenvalue weighted by atomic mass is 19.3. The zero-order valence-electron chi connectivity index (χ0n) is 32.5. The van der Waals surface area contributed by atoms with Gasteiger partial charge in [0.15, 0.2) is 0 Å². The van der Waals surface area contributed by atoms with Crippen molar-refractivity contribution in [1.82, 2.24) is 24.5 Å². The average Bonchev–Trinajstić information content (AvgIpc) is 3.81. The van der Waals surface area contributed by atoms with Crippen LogP contribution in [0.15, 0.2) is 0 Å². The molecule has 48 heavy (non-hydrogen) atoms. The van der Waals surface area contributed by atoms with E-state index in [1.165, 1.54) is 0 Å². The molecule has 6 atom stereocenters. The summed E-state index contributed by atoms with van der Waals surface area (Å²) < 4.78 is 75.8. The van der Waals surface area contributed by atoms with Crippen molar-refractivity contribution >= 4 is 0 Å². The SMILES string of the molecule is CC(C)N1CCC(F)(F)C1.CC(C)N1CC[C@@H](F)C1.CC(C)N1CC[C@H](F)C1.CC(C)N1C[C@@H](C)[C@H](F)C1.CC(C)N1C[C@@H](F)[C@@H](C)C1. The summed E-state index contributed by atoms with van der Waals surface area (Å²) in [5.41, 5.74) is 0. The molecule has 0 unspecified atom stereocenters. The van der Waals surface area contributed by atoms with Gasteiger partial charge in [0.25, 0.3) is 5.92 Å². The van der Waals surface area contributed by atoms with Gasteiger partial charge in [0.1, 0.15) is 24.7 Å². The number of alkyl halides is 6. The Balaban J connectivity index is 0.000000300. The van der Waals surface area contributed by atoms with Gasteiger partial charge in [0.05, 0.1) is 6.54 Å². The fourth-order valence-electron chi connectivity index (χ4n) is 6.40. The topological polar surface area (TPSA) is 16.2 Å². The van der Waals surface area contributed by atoms with Gasteiger partial charge in [-0.3, -0.25) is 24.5 Å². The van der Waals surface area contributed by atoms with Gasteiger partial charge in [0, 0.05) is 107 Å². The highest BCUT2D eigenvalue weighted by Crippen LogP contribution is 2.28. The third kappa shape index (κ3) is 17.1. The molecule has 5 rings (SSSR count). The minimum Gasteiger partial charge on any atom is -0.298 e. The number of nitrogens with zero attached hydrogens (tertiary/aromatic N) is 5.